The van der Waals surface area contributed by atoms with Crippen LogP contribution in [0.1, 0.15) is 69.7 Å². The lowest BCUT2D eigenvalue weighted by atomic mass is 10.1. The van der Waals surface area contributed by atoms with Crippen molar-refractivity contribution in [2.24, 2.45) is 0 Å². The molecule has 2 saturated carbocycles. The van der Waals surface area contributed by atoms with Crippen molar-refractivity contribution in [1.29, 1.82) is 0 Å². The van der Waals surface area contributed by atoms with E-state index in [0.29, 0.717) is 18.8 Å². The molecular formula is C27H29ClFN7O4. The molecule has 0 aromatic carbocycles. The number of carbonyl (C=O) groups excluding carboxylic acids is 1. The van der Waals surface area contributed by atoms with Crippen molar-refractivity contribution in [3.05, 3.63) is 39.2 Å². The third kappa shape index (κ3) is 4.23. The number of halogens is 2. The SMILES string of the molecule is CC(C)(C)OC(=O)N1CCN2c3nc(=O)n(-c4c(C5CC5)ncnc4C4CC4)c4nc(Cl)c(F)c(c34)OC[C@H]2C1. The van der Waals surface area contributed by atoms with Crippen molar-refractivity contribution < 1.29 is 18.7 Å². The number of carbonyl (C=O) groups is 1. The molecule has 5 heterocycles. The molecule has 1 saturated heterocycles. The molecule has 13 heteroatoms. The zero-order chi connectivity index (χ0) is 27.9. The van der Waals surface area contributed by atoms with E-state index in [-0.39, 0.29) is 47.6 Å². The third-order valence-corrected chi connectivity index (χ3v) is 7.97. The highest BCUT2D eigenvalue weighted by Crippen LogP contribution is 2.48. The maximum Gasteiger partial charge on any atom is 0.410 e. The van der Waals surface area contributed by atoms with Crippen molar-refractivity contribution in [2.45, 2.75) is 69.9 Å². The maximum atomic E-state index is 15.5. The standard InChI is InChI=1S/C27H29ClFN7O4/c1-27(2,3)40-26(38)34-8-9-35-15(10-34)11-39-21-16-23(35)33-25(37)36(24(16)32-22(28)17(21)29)20-18(13-4-5-13)30-12-31-19(20)14-6-7-14/h12-15H,4-11H2,1-3H3/t15-/m1/s1. The molecule has 2 aliphatic heterocycles. The number of hydrogen-bond donors (Lipinski definition) is 0. The van der Waals surface area contributed by atoms with Gasteiger partial charge in [0.2, 0.25) is 5.82 Å². The lowest BCUT2D eigenvalue weighted by molar-refractivity contribution is 0.0201. The van der Waals surface area contributed by atoms with E-state index in [1.165, 1.54) is 4.57 Å². The number of piperazine rings is 1. The molecule has 11 nitrogen and oxygen atoms in total. The van der Waals surface area contributed by atoms with Crippen LogP contribution in [0.15, 0.2) is 11.1 Å². The number of aromatic nitrogens is 5. The summed E-state index contributed by atoms with van der Waals surface area (Å²) in [6.45, 7) is 6.40. The predicted molar refractivity (Wildman–Crippen MR) is 144 cm³/mol. The van der Waals surface area contributed by atoms with Gasteiger partial charge in [-0.1, -0.05) is 11.6 Å². The smallest absolute Gasteiger partial charge is 0.410 e. The molecule has 40 heavy (non-hydrogen) atoms. The molecule has 7 rings (SSSR count). The summed E-state index contributed by atoms with van der Waals surface area (Å²) in [5, 5.41) is -0.136. The molecule has 3 aromatic rings. The van der Waals surface area contributed by atoms with Crippen LogP contribution >= 0.6 is 11.6 Å². The second kappa shape index (κ2) is 8.98. The van der Waals surface area contributed by atoms with Crippen LogP contribution in [-0.2, 0) is 4.74 Å². The van der Waals surface area contributed by atoms with Crippen molar-refractivity contribution in [3.8, 4) is 11.4 Å². The molecule has 0 spiro atoms. The van der Waals surface area contributed by atoms with Crippen LogP contribution in [0.5, 0.6) is 5.75 Å². The van der Waals surface area contributed by atoms with E-state index in [1.54, 1.807) is 11.2 Å². The Balaban J connectivity index is 1.39. The summed E-state index contributed by atoms with van der Waals surface area (Å²) in [6, 6.07) is -0.401. The summed E-state index contributed by atoms with van der Waals surface area (Å²) in [4.78, 5) is 48.2. The third-order valence-electron chi connectivity index (χ3n) is 7.72. The summed E-state index contributed by atoms with van der Waals surface area (Å²) < 4.78 is 28.5. The van der Waals surface area contributed by atoms with Gasteiger partial charge in [0.25, 0.3) is 0 Å². The fourth-order valence-electron chi connectivity index (χ4n) is 5.59. The molecule has 2 aliphatic carbocycles. The quantitative estimate of drug-likeness (QED) is 0.432. The number of amides is 1. The topological polar surface area (TPSA) is 116 Å². The first kappa shape index (κ1) is 25.4. The highest BCUT2D eigenvalue weighted by atomic mass is 35.5. The van der Waals surface area contributed by atoms with Crippen molar-refractivity contribution in [2.75, 3.05) is 31.1 Å². The molecule has 0 radical (unpaired) electrons. The largest absolute Gasteiger partial charge is 0.487 e. The lowest BCUT2D eigenvalue weighted by Crippen LogP contribution is -2.57. The van der Waals surface area contributed by atoms with E-state index in [4.69, 9.17) is 21.1 Å². The average molecular weight is 570 g/mol. The second-order valence-corrected chi connectivity index (χ2v) is 12.3. The highest BCUT2D eigenvalue weighted by Gasteiger charge is 2.40. The van der Waals surface area contributed by atoms with E-state index in [9.17, 15) is 9.59 Å². The minimum absolute atomic E-state index is 0.0469. The molecule has 1 atom stereocenters. The Bertz CT molecular complexity index is 1590. The lowest BCUT2D eigenvalue weighted by Gasteiger charge is -2.41. The Hall–Kier alpha value is -3.54. The van der Waals surface area contributed by atoms with Gasteiger partial charge in [0.05, 0.1) is 23.1 Å². The molecule has 3 fully saturated rings. The number of anilines is 1. The van der Waals surface area contributed by atoms with E-state index in [2.05, 4.69) is 19.9 Å². The molecular weight excluding hydrogens is 541 g/mol. The van der Waals surface area contributed by atoms with E-state index >= 15 is 4.39 Å². The average Bonchev–Trinajstić information content (AvgIpc) is 3.80. The van der Waals surface area contributed by atoms with Crippen LogP contribution < -0.4 is 15.3 Å². The summed E-state index contributed by atoms with van der Waals surface area (Å²) >= 11 is 6.31. The monoisotopic (exact) mass is 569 g/mol. The Labute approximate surface area is 234 Å². The van der Waals surface area contributed by atoms with Gasteiger partial charge >= 0.3 is 11.8 Å². The van der Waals surface area contributed by atoms with E-state index in [1.807, 2.05) is 25.7 Å². The van der Waals surface area contributed by atoms with Crippen LogP contribution in [0.4, 0.5) is 15.0 Å². The van der Waals surface area contributed by atoms with Gasteiger partial charge in [0.1, 0.15) is 29.7 Å². The van der Waals surface area contributed by atoms with Crippen molar-refractivity contribution in [1.82, 2.24) is 29.4 Å². The number of ether oxygens (including phenoxy) is 2. The molecule has 3 aromatic heterocycles. The van der Waals surface area contributed by atoms with Gasteiger partial charge in [-0.25, -0.2) is 29.1 Å². The molecule has 210 valence electrons. The number of pyridine rings is 1. The van der Waals surface area contributed by atoms with Gasteiger partial charge in [-0.3, -0.25) is 0 Å². The number of rotatable bonds is 3. The fraction of sp³-hybridized carbons (Fsp3) is 0.556. The van der Waals surface area contributed by atoms with Crippen LogP contribution in [-0.4, -0.2) is 73.4 Å². The van der Waals surface area contributed by atoms with Gasteiger partial charge in [-0.05, 0) is 46.5 Å². The van der Waals surface area contributed by atoms with Crippen LogP contribution in [0.3, 0.4) is 0 Å². The first-order valence-corrected chi connectivity index (χ1v) is 14.0. The molecule has 4 aliphatic rings. The number of fused-ring (bicyclic) bond motifs is 2. The number of hydrogen-bond acceptors (Lipinski definition) is 9. The van der Waals surface area contributed by atoms with Crippen molar-refractivity contribution in [3.63, 3.8) is 0 Å². The van der Waals surface area contributed by atoms with Gasteiger partial charge in [-0.2, -0.15) is 9.37 Å². The summed E-state index contributed by atoms with van der Waals surface area (Å²) in [5.41, 5.74) is 1.07. The van der Waals surface area contributed by atoms with Gasteiger partial charge in [0.15, 0.2) is 16.5 Å². The summed E-state index contributed by atoms with van der Waals surface area (Å²) in [5.74, 6) is -0.240. The van der Waals surface area contributed by atoms with Gasteiger partial charge in [-0.15, -0.1) is 0 Å². The normalized spacial score (nSPS) is 20.7. The summed E-state index contributed by atoms with van der Waals surface area (Å²) in [7, 11) is 0. The predicted octanol–water partition coefficient (Wildman–Crippen LogP) is 3.94. The van der Waals surface area contributed by atoms with Gasteiger partial charge < -0.3 is 19.3 Å². The highest BCUT2D eigenvalue weighted by molar-refractivity contribution is 6.30. The fourth-order valence-corrected chi connectivity index (χ4v) is 5.76. The van der Waals surface area contributed by atoms with E-state index in [0.717, 1.165) is 37.1 Å². The minimum atomic E-state index is -0.819. The zero-order valence-electron chi connectivity index (χ0n) is 22.5. The van der Waals surface area contributed by atoms with Crippen LogP contribution in [0.25, 0.3) is 16.7 Å². The summed E-state index contributed by atoms with van der Waals surface area (Å²) in [6.07, 6.45) is 4.97. The van der Waals surface area contributed by atoms with E-state index < -0.39 is 34.4 Å². The Morgan fingerprint density at radius 3 is 2.40 bits per heavy atom. The number of nitrogens with zero attached hydrogens (tertiary/aromatic N) is 7. The van der Waals surface area contributed by atoms with Crippen molar-refractivity contribution >= 4 is 34.5 Å². The maximum absolute atomic E-state index is 15.5. The Morgan fingerprint density at radius 2 is 1.77 bits per heavy atom. The first-order chi connectivity index (χ1) is 19.1. The first-order valence-electron chi connectivity index (χ1n) is 13.6. The second-order valence-electron chi connectivity index (χ2n) is 11.9. The minimum Gasteiger partial charge on any atom is -0.487 e. The molecule has 0 unspecified atom stereocenters. The molecule has 0 bridgehead atoms. The van der Waals surface area contributed by atoms with Gasteiger partial charge in [0, 0.05) is 31.5 Å². The Kier molecular flexibility index (Phi) is 5.71. The van der Waals surface area contributed by atoms with Crippen LogP contribution in [0, 0.1) is 5.82 Å². The zero-order valence-corrected chi connectivity index (χ0v) is 23.2. The van der Waals surface area contributed by atoms with Crippen LogP contribution in [0.2, 0.25) is 5.15 Å². The Morgan fingerprint density at radius 1 is 1.10 bits per heavy atom. The molecule has 0 N–H and O–H groups in total. The molecule has 1 amide bonds.